The van der Waals surface area contributed by atoms with Gasteiger partial charge in [-0.3, -0.25) is 9.78 Å². The molecule has 1 aromatic heterocycles. The minimum Gasteiger partial charge on any atom is -0.459 e. The molecule has 1 aromatic carbocycles. The Hall–Kier alpha value is -2.69. The van der Waals surface area contributed by atoms with Crippen LogP contribution in [0.1, 0.15) is 40.3 Å². The van der Waals surface area contributed by atoms with E-state index in [-0.39, 0.29) is 18.0 Å². The standard InChI is InChI=1S/C17H18N2O3/c1-11(2)22-17(21)13-6-8-15(9-7-13)19-16(20)14-5-4-12(3)18-10-14/h4-11H,1-3H3,(H,19,20). The maximum atomic E-state index is 12.0. The molecule has 0 saturated heterocycles. The molecule has 0 aliphatic rings. The molecular formula is C17H18N2O3. The number of esters is 1. The fourth-order valence-electron chi connectivity index (χ4n) is 1.78. The van der Waals surface area contributed by atoms with E-state index >= 15 is 0 Å². The van der Waals surface area contributed by atoms with Gasteiger partial charge in [0.05, 0.1) is 17.2 Å². The van der Waals surface area contributed by atoms with Gasteiger partial charge in [-0.2, -0.15) is 0 Å². The summed E-state index contributed by atoms with van der Waals surface area (Å²) in [7, 11) is 0. The highest BCUT2D eigenvalue weighted by molar-refractivity contribution is 6.04. The first-order chi connectivity index (χ1) is 10.5. The quantitative estimate of drug-likeness (QED) is 0.880. The number of anilines is 1. The highest BCUT2D eigenvalue weighted by atomic mass is 16.5. The maximum absolute atomic E-state index is 12.0. The molecule has 0 spiro atoms. The van der Waals surface area contributed by atoms with Gasteiger partial charge in [0.1, 0.15) is 0 Å². The third-order valence-corrected chi connectivity index (χ3v) is 2.89. The summed E-state index contributed by atoms with van der Waals surface area (Å²) in [6, 6.07) is 10.1. The van der Waals surface area contributed by atoms with Crippen LogP contribution in [0.4, 0.5) is 5.69 Å². The molecule has 5 heteroatoms. The van der Waals surface area contributed by atoms with Gasteiger partial charge >= 0.3 is 5.97 Å². The normalized spacial score (nSPS) is 10.4. The molecule has 114 valence electrons. The van der Waals surface area contributed by atoms with Crippen molar-refractivity contribution in [3.8, 4) is 0 Å². The van der Waals surface area contributed by atoms with Crippen LogP contribution in [0, 0.1) is 6.92 Å². The monoisotopic (exact) mass is 298 g/mol. The Bertz CT molecular complexity index is 661. The first-order valence-corrected chi connectivity index (χ1v) is 7.01. The van der Waals surface area contributed by atoms with E-state index in [0.29, 0.717) is 16.8 Å². The Morgan fingerprint density at radius 1 is 1.05 bits per heavy atom. The number of hydrogen-bond acceptors (Lipinski definition) is 4. The molecule has 2 aromatic rings. The lowest BCUT2D eigenvalue weighted by atomic mass is 10.2. The molecule has 0 atom stereocenters. The van der Waals surface area contributed by atoms with Crippen LogP contribution in [-0.2, 0) is 4.74 Å². The van der Waals surface area contributed by atoms with Gasteiger partial charge in [-0.05, 0) is 57.2 Å². The number of rotatable bonds is 4. The highest BCUT2D eigenvalue weighted by Crippen LogP contribution is 2.13. The Balaban J connectivity index is 2.03. The topological polar surface area (TPSA) is 68.3 Å². The van der Waals surface area contributed by atoms with Crippen LogP contribution in [0.3, 0.4) is 0 Å². The van der Waals surface area contributed by atoms with Crippen molar-refractivity contribution >= 4 is 17.6 Å². The van der Waals surface area contributed by atoms with Crippen molar-refractivity contribution in [2.24, 2.45) is 0 Å². The molecule has 0 radical (unpaired) electrons. The number of aryl methyl sites for hydroxylation is 1. The minimum atomic E-state index is -0.379. The molecule has 0 saturated carbocycles. The third-order valence-electron chi connectivity index (χ3n) is 2.89. The second-order valence-electron chi connectivity index (χ2n) is 5.17. The molecule has 1 heterocycles. The van der Waals surface area contributed by atoms with E-state index in [2.05, 4.69) is 10.3 Å². The molecule has 1 N–H and O–H groups in total. The van der Waals surface area contributed by atoms with E-state index in [1.165, 1.54) is 6.20 Å². The number of hydrogen-bond donors (Lipinski definition) is 1. The molecule has 0 aliphatic heterocycles. The van der Waals surface area contributed by atoms with Crippen molar-refractivity contribution < 1.29 is 14.3 Å². The SMILES string of the molecule is Cc1ccc(C(=O)Nc2ccc(C(=O)OC(C)C)cc2)cn1. The van der Waals surface area contributed by atoms with E-state index < -0.39 is 0 Å². The summed E-state index contributed by atoms with van der Waals surface area (Å²) in [4.78, 5) is 27.9. The van der Waals surface area contributed by atoms with Crippen molar-refractivity contribution in [2.45, 2.75) is 26.9 Å². The van der Waals surface area contributed by atoms with Gasteiger partial charge in [-0.25, -0.2) is 4.79 Å². The van der Waals surface area contributed by atoms with Gasteiger partial charge in [-0.15, -0.1) is 0 Å². The third kappa shape index (κ3) is 4.15. The van der Waals surface area contributed by atoms with Gasteiger partial charge in [-0.1, -0.05) is 0 Å². The van der Waals surface area contributed by atoms with Gasteiger partial charge < -0.3 is 10.1 Å². The van der Waals surface area contributed by atoms with Crippen LogP contribution in [-0.4, -0.2) is 23.0 Å². The van der Waals surface area contributed by atoms with E-state index in [0.717, 1.165) is 5.69 Å². The average molecular weight is 298 g/mol. The summed E-state index contributed by atoms with van der Waals surface area (Å²) >= 11 is 0. The van der Waals surface area contributed by atoms with Crippen LogP contribution >= 0.6 is 0 Å². The smallest absolute Gasteiger partial charge is 0.338 e. The van der Waals surface area contributed by atoms with E-state index in [1.807, 2.05) is 6.92 Å². The molecule has 0 fully saturated rings. The van der Waals surface area contributed by atoms with E-state index in [9.17, 15) is 9.59 Å². The van der Waals surface area contributed by atoms with E-state index in [4.69, 9.17) is 4.74 Å². The lowest BCUT2D eigenvalue weighted by Gasteiger charge is -2.09. The lowest BCUT2D eigenvalue weighted by molar-refractivity contribution is 0.0378. The maximum Gasteiger partial charge on any atom is 0.338 e. The summed E-state index contributed by atoms with van der Waals surface area (Å²) in [6.07, 6.45) is 1.36. The van der Waals surface area contributed by atoms with Crippen molar-refractivity contribution in [1.29, 1.82) is 0 Å². The number of nitrogens with zero attached hydrogens (tertiary/aromatic N) is 1. The predicted molar refractivity (Wildman–Crippen MR) is 83.9 cm³/mol. The largest absolute Gasteiger partial charge is 0.459 e. The van der Waals surface area contributed by atoms with Crippen molar-refractivity contribution in [1.82, 2.24) is 4.98 Å². The molecule has 0 unspecified atom stereocenters. The molecule has 22 heavy (non-hydrogen) atoms. The fraction of sp³-hybridized carbons (Fsp3) is 0.235. The number of benzene rings is 1. The second kappa shape index (κ2) is 6.85. The number of pyridine rings is 1. The number of carbonyl (C=O) groups excluding carboxylic acids is 2. The molecule has 5 nitrogen and oxygen atoms in total. The lowest BCUT2D eigenvalue weighted by Crippen LogP contribution is -2.13. The Morgan fingerprint density at radius 3 is 2.23 bits per heavy atom. The summed E-state index contributed by atoms with van der Waals surface area (Å²) in [5, 5.41) is 2.75. The number of ether oxygens (including phenoxy) is 1. The number of carbonyl (C=O) groups is 2. The summed E-state index contributed by atoms with van der Waals surface area (Å²) < 4.78 is 5.10. The van der Waals surface area contributed by atoms with Crippen LogP contribution in [0.15, 0.2) is 42.6 Å². The Kier molecular flexibility index (Phi) is 4.88. The molecule has 0 aliphatic carbocycles. The summed E-state index contributed by atoms with van der Waals surface area (Å²) in [5.74, 6) is -0.624. The van der Waals surface area contributed by atoms with Crippen LogP contribution in [0.5, 0.6) is 0 Å². The zero-order valence-electron chi connectivity index (χ0n) is 12.8. The van der Waals surface area contributed by atoms with Crippen LogP contribution in [0.25, 0.3) is 0 Å². The van der Waals surface area contributed by atoms with Gasteiger partial charge in [0, 0.05) is 17.6 Å². The number of amides is 1. The zero-order chi connectivity index (χ0) is 16.1. The summed E-state index contributed by atoms with van der Waals surface area (Å²) in [6.45, 7) is 5.45. The molecule has 1 amide bonds. The van der Waals surface area contributed by atoms with Crippen molar-refractivity contribution in [2.75, 3.05) is 5.32 Å². The Labute approximate surface area is 129 Å². The zero-order valence-corrected chi connectivity index (χ0v) is 12.8. The molecular weight excluding hydrogens is 280 g/mol. The van der Waals surface area contributed by atoms with E-state index in [1.54, 1.807) is 50.2 Å². The molecule has 0 bridgehead atoms. The predicted octanol–water partition coefficient (Wildman–Crippen LogP) is 3.21. The number of nitrogens with one attached hydrogen (secondary N) is 1. The van der Waals surface area contributed by atoms with Gasteiger partial charge in [0.2, 0.25) is 0 Å². The van der Waals surface area contributed by atoms with Crippen LogP contribution in [0.2, 0.25) is 0 Å². The van der Waals surface area contributed by atoms with Crippen molar-refractivity contribution in [3.05, 3.63) is 59.4 Å². The van der Waals surface area contributed by atoms with Crippen molar-refractivity contribution in [3.63, 3.8) is 0 Å². The fourth-order valence-corrected chi connectivity index (χ4v) is 1.78. The average Bonchev–Trinajstić information content (AvgIpc) is 2.48. The second-order valence-corrected chi connectivity index (χ2v) is 5.17. The van der Waals surface area contributed by atoms with Crippen LogP contribution < -0.4 is 5.32 Å². The summed E-state index contributed by atoms with van der Waals surface area (Å²) in [5.41, 5.74) is 2.38. The first kappa shape index (κ1) is 15.7. The highest BCUT2D eigenvalue weighted by Gasteiger charge is 2.10. The van der Waals surface area contributed by atoms with Gasteiger partial charge in [0.15, 0.2) is 0 Å². The molecule has 2 rings (SSSR count). The number of aromatic nitrogens is 1. The Morgan fingerprint density at radius 2 is 1.68 bits per heavy atom. The minimum absolute atomic E-state index is 0.166. The van der Waals surface area contributed by atoms with Gasteiger partial charge in [0.25, 0.3) is 5.91 Å². The first-order valence-electron chi connectivity index (χ1n) is 7.01.